The first-order valence-corrected chi connectivity index (χ1v) is 9.08. The number of halogens is 2. The van der Waals surface area contributed by atoms with Crippen molar-refractivity contribution in [1.29, 1.82) is 0 Å². The van der Waals surface area contributed by atoms with Gasteiger partial charge in [-0.25, -0.2) is 4.99 Å². The molecule has 0 aliphatic rings. The topological polar surface area (TPSA) is 37.5 Å². The van der Waals surface area contributed by atoms with E-state index >= 15 is 0 Å². The number of aliphatic hydroxyl groups is 1. The Hall–Kier alpha value is -1.59. The first-order valence-electron chi connectivity index (χ1n) is 7.44. The van der Waals surface area contributed by atoms with E-state index in [1.165, 1.54) is 11.3 Å². The molecule has 0 aliphatic heterocycles. The molecule has 1 aromatic heterocycles. The van der Waals surface area contributed by atoms with Crippen LogP contribution in [0.25, 0.3) is 11.3 Å². The number of nitrogens with zero attached hydrogens (tertiary/aromatic N) is 2. The quantitative estimate of drug-likeness (QED) is 0.676. The van der Waals surface area contributed by atoms with Crippen molar-refractivity contribution in [3.05, 3.63) is 68.3 Å². The summed E-state index contributed by atoms with van der Waals surface area (Å²) in [7, 11) is 0. The zero-order valence-electron chi connectivity index (χ0n) is 13.0. The monoisotopic (exact) mass is 378 g/mol. The van der Waals surface area contributed by atoms with Crippen LogP contribution in [0.15, 0.2) is 52.8 Å². The Kier molecular flexibility index (Phi) is 5.41. The third-order valence-electron chi connectivity index (χ3n) is 3.56. The van der Waals surface area contributed by atoms with Crippen LogP contribution in [0, 0.1) is 6.92 Å². The van der Waals surface area contributed by atoms with Crippen molar-refractivity contribution in [2.24, 2.45) is 4.99 Å². The summed E-state index contributed by atoms with van der Waals surface area (Å²) in [5, 5.41) is 12.5. The van der Waals surface area contributed by atoms with Crippen molar-refractivity contribution in [2.45, 2.75) is 13.5 Å². The van der Waals surface area contributed by atoms with Crippen LogP contribution in [0.1, 0.15) is 5.56 Å². The van der Waals surface area contributed by atoms with E-state index in [4.69, 9.17) is 28.2 Å². The minimum Gasteiger partial charge on any atom is -0.395 e. The van der Waals surface area contributed by atoms with E-state index in [1.807, 2.05) is 53.3 Å². The lowest BCUT2D eigenvalue weighted by Gasteiger charge is -2.08. The smallest absolute Gasteiger partial charge is 0.190 e. The normalized spacial score (nSPS) is 11.9. The van der Waals surface area contributed by atoms with Gasteiger partial charge in [0.2, 0.25) is 0 Å². The molecule has 1 heterocycles. The molecule has 0 amide bonds. The first-order chi connectivity index (χ1) is 11.6. The van der Waals surface area contributed by atoms with Gasteiger partial charge in [0, 0.05) is 17.5 Å². The molecule has 6 heteroatoms. The van der Waals surface area contributed by atoms with Gasteiger partial charge in [-0.1, -0.05) is 41.4 Å². The van der Waals surface area contributed by atoms with Crippen LogP contribution in [0.2, 0.25) is 10.0 Å². The van der Waals surface area contributed by atoms with Gasteiger partial charge in [0.25, 0.3) is 0 Å². The fourth-order valence-electron chi connectivity index (χ4n) is 2.43. The Morgan fingerprint density at radius 3 is 2.67 bits per heavy atom. The number of aliphatic hydroxyl groups excluding tert-OH is 1. The van der Waals surface area contributed by atoms with E-state index < -0.39 is 0 Å². The molecule has 0 saturated heterocycles. The lowest BCUT2D eigenvalue weighted by molar-refractivity contribution is 0.275. The van der Waals surface area contributed by atoms with E-state index in [0.29, 0.717) is 16.6 Å². The summed E-state index contributed by atoms with van der Waals surface area (Å²) in [6.45, 7) is 2.53. The predicted octanol–water partition coefficient (Wildman–Crippen LogP) is 5.06. The zero-order valence-corrected chi connectivity index (χ0v) is 15.4. The van der Waals surface area contributed by atoms with E-state index in [0.717, 1.165) is 27.3 Å². The number of hydrogen-bond acceptors (Lipinski definition) is 3. The lowest BCUT2D eigenvalue weighted by Crippen LogP contribution is -2.17. The standard InChI is InChI=1S/C18H16Cl2N2OS/c1-12-3-2-4-14(9-12)21-18-22(7-8-23)17(11-24-18)13-5-6-15(19)16(20)10-13/h2-6,9-11,23H,7-8H2,1H3. The Morgan fingerprint density at radius 2 is 1.96 bits per heavy atom. The highest BCUT2D eigenvalue weighted by Gasteiger charge is 2.09. The summed E-state index contributed by atoms with van der Waals surface area (Å²) in [5.74, 6) is 0. The number of aryl methyl sites for hydroxylation is 1. The van der Waals surface area contributed by atoms with Crippen LogP contribution in [0.3, 0.4) is 0 Å². The first kappa shape index (κ1) is 17.2. The average molecular weight is 379 g/mol. The van der Waals surface area contributed by atoms with Crippen molar-refractivity contribution in [3.63, 3.8) is 0 Å². The van der Waals surface area contributed by atoms with Gasteiger partial charge < -0.3 is 9.67 Å². The summed E-state index contributed by atoms with van der Waals surface area (Å²) >= 11 is 13.7. The van der Waals surface area contributed by atoms with Crippen LogP contribution in [-0.4, -0.2) is 16.3 Å². The maximum Gasteiger partial charge on any atom is 0.190 e. The van der Waals surface area contributed by atoms with Crippen molar-refractivity contribution < 1.29 is 5.11 Å². The molecule has 0 fully saturated rings. The summed E-state index contributed by atoms with van der Waals surface area (Å²) < 4.78 is 1.99. The second kappa shape index (κ2) is 7.53. The minimum atomic E-state index is 0.0338. The van der Waals surface area contributed by atoms with Crippen LogP contribution in [-0.2, 0) is 6.54 Å². The largest absolute Gasteiger partial charge is 0.395 e. The molecule has 0 unspecified atom stereocenters. The second-order valence-electron chi connectivity index (χ2n) is 5.36. The van der Waals surface area contributed by atoms with E-state index in [1.54, 1.807) is 6.07 Å². The molecule has 3 rings (SSSR count). The molecule has 2 aromatic carbocycles. The molecular formula is C18H16Cl2N2OS. The van der Waals surface area contributed by atoms with Crippen molar-refractivity contribution in [2.75, 3.05) is 6.61 Å². The Labute approximate surface area is 154 Å². The van der Waals surface area contributed by atoms with Gasteiger partial charge in [0.15, 0.2) is 4.80 Å². The lowest BCUT2D eigenvalue weighted by atomic mass is 10.2. The highest BCUT2D eigenvalue weighted by atomic mass is 35.5. The molecule has 0 saturated carbocycles. The summed E-state index contributed by atoms with van der Waals surface area (Å²) in [5.41, 5.74) is 3.95. The number of hydrogen-bond donors (Lipinski definition) is 1. The maximum absolute atomic E-state index is 9.44. The van der Waals surface area contributed by atoms with Gasteiger partial charge in [-0.15, -0.1) is 11.3 Å². The SMILES string of the molecule is Cc1cccc(N=c2scc(-c3ccc(Cl)c(Cl)c3)n2CCO)c1. The van der Waals surface area contributed by atoms with Gasteiger partial charge in [-0.2, -0.15) is 0 Å². The molecule has 0 aliphatic carbocycles. The zero-order chi connectivity index (χ0) is 17.1. The van der Waals surface area contributed by atoms with Crippen molar-refractivity contribution >= 4 is 40.2 Å². The Morgan fingerprint density at radius 1 is 1.12 bits per heavy atom. The number of rotatable bonds is 4. The predicted molar refractivity (Wildman–Crippen MR) is 101 cm³/mol. The summed E-state index contributed by atoms with van der Waals surface area (Å²) in [4.78, 5) is 5.55. The van der Waals surface area contributed by atoms with Crippen LogP contribution < -0.4 is 4.80 Å². The molecule has 3 aromatic rings. The molecule has 0 atom stereocenters. The number of thiazole rings is 1. The van der Waals surface area contributed by atoms with E-state index in [9.17, 15) is 5.11 Å². The molecule has 1 N–H and O–H groups in total. The number of aromatic nitrogens is 1. The van der Waals surface area contributed by atoms with Gasteiger partial charge >= 0.3 is 0 Å². The van der Waals surface area contributed by atoms with Crippen LogP contribution >= 0.6 is 34.5 Å². The highest BCUT2D eigenvalue weighted by Crippen LogP contribution is 2.29. The molecule has 24 heavy (non-hydrogen) atoms. The molecule has 0 spiro atoms. The van der Waals surface area contributed by atoms with Crippen molar-refractivity contribution in [1.82, 2.24) is 4.57 Å². The molecule has 124 valence electrons. The molecule has 3 nitrogen and oxygen atoms in total. The summed E-state index contributed by atoms with van der Waals surface area (Å²) in [6, 6.07) is 13.5. The number of benzene rings is 2. The fourth-order valence-corrected chi connectivity index (χ4v) is 3.68. The maximum atomic E-state index is 9.44. The van der Waals surface area contributed by atoms with Gasteiger partial charge in [0.1, 0.15) is 0 Å². The molecule has 0 bridgehead atoms. The third-order valence-corrected chi connectivity index (χ3v) is 5.17. The van der Waals surface area contributed by atoms with Gasteiger partial charge in [0.05, 0.1) is 28.0 Å². The van der Waals surface area contributed by atoms with E-state index in [2.05, 4.69) is 0 Å². The highest BCUT2D eigenvalue weighted by molar-refractivity contribution is 7.07. The fraction of sp³-hybridized carbons (Fsp3) is 0.167. The molecule has 0 radical (unpaired) electrons. The second-order valence-corrected chi connectivity index (χ2v) is 7.01. The molecular weight excluding hydrogens is 363 g/mol. The third kappa shape index (κ3) is 3.73. The van der Waals surface area contributed by atoms with E-state index in [-0.39, 0.29) is 6.61 Å². The Balaban J connectivity index is 2.12. The van der Waals surface area contributed by atoms with Crippen LogP contribution in [0.5, 0.6) is 0 Å². The van der Waals surface area contributed by atoms with Gasteiger partial charge in [-0.05, 0) is 36.8 Å². The summed E-state index contributed by atoms with van der Waals surface area (Å²) in [6.07, 6.45) is 0. The van der Waals surface area contributed by atoms with Gasteiger partial charge in [-0.3, -0.25) is 0 Å². The van der Waals surface area contributed by atoms with Crippen molar-refractivity contribution in [3.8, 4) is 11.3 Å². The minimum absolute atomic E-state index is 0.0338. The Bertz CT molecular complexity index is 931. The average Bonchev–Trinajstić information content (AvgIpc) is 2.93. The van der Waals surface area contributed by atoms with Crippen LogP contribution in [0.4, 0.5) is 5.69 Å².